The molecule has 1 aliphatic heterocycles. The number of aliphatic imine (C=N–C) groups is 1. The Balaban J connectivity index is 1.61. The molecule has 1 aromatic carbocycles. The van der Waals surface area contributed by atoms with E-state index in [1.807, 2.05) is 0 Å². The number of hydrogen-bond acceptors (Lipinski definition) is 4. The van der Waals surface area contributed by atoms with Gasteiger partial charge in [0.15, 0.2) is 5.96 Å². The van der Waals surface area contributed by atoms with Crippen LogP contribution in [-0.2, 0) is 11.3 Å². The van der Waals surface area contributed by atoms with Crippen LogP contribution in [0.25, 0.3) is 0 Å². The smallest absolute Gasteiger partial charge is 0.191 e. The number of rotatable bonds is 9. The van der Waals surface area contributed by atoms with E-state index in [1.54, 1.807) is 0 Å². The van der Waals surface area contributed by atoms with Crippen molar-refractivity contribution in [1.29, 1.82) is 0 Å². The van der Waals surface area contributed by atoms with E-state index in [0.29, 0.717) is 13.2 Å². The largest absolute Gasteiger partial charge is 0.491 e. The number of hydrogen-bond donors (Lipinski definition) is 3. The summed E-state index contributed by atoms with van der Waals surface area (Å²) in [6.45, 7) is 7.89. The van der Waals surface area contributed by atoms with E-state index in [1.165, 1.54) is 5.56 Å². The minimum absolute atomic E-state index is 0.0512. The van der Waals surface area contributed by atoms with Crippen molar-refractivity contribution in [3.8, 4) is 5.75 Å². The van der Waals surface area contributed by atoms with Gasteiger partial charge in [0.1, 0.15) is 12.4 Å². The van der Waals surface area contributed by atoms with Crippen molar-refractivity contribution in [1.82, 2.24) is 10.6 Å². The monoisotopic (exact) mass is 375 g/mol. The molecule has 3 rings (SSSR count). The number of ether oxygens (including phenoxy) is 2. The van der Waals surface area contributed by atoms with Gasteiger partial charge in [0, 0.05) is 30.7 Å². The normalized spacial score (nSPS) is 21.1. The first-order valence-electron chi connectivity index (χ1n) is 10.1. The van der Waals surface area contributed by atoms with Gasteiger partial charge >= 0.3 is 0 Å². The molecule has 0 radical (unpaired) electrons. The quantitative estimate of drug-likeness (QED) is 0.456. The van der Waals surface area contributed by atoms with Crippen LogP contribution in [0.3, 0.4) is 0 Å². The molecule has 1 aliphatic carbocycles. The molecule has 2 fully saturated rings. The lowest BCUT2D eigenvalue weighted by molar-refractivity contribution is 0.0676. The molecule has 2 aliphatic rings. The number of nitrogens with zero attached hydrogens (tertiary/aromatic N) is 1. The molecule has 0 amide bonds. The van der Waals surface area contributed by atoms with E-state index in [0.717, 1.165) is 62.7 Å². The molecule has 6 nitrogen and oxygen atoms in total. The van der Waals surface area contributed by atoms with Crippen molar-refractivity contribution in [2.75, 3.05) is 32.9 Å². The van der Waals surface area contributed by atoms with Crippen LogP contribution in [0.1, 0.15) is 43.7 Å². The van der Waals surface area contributed by atoms with Crippen molar-refractivity contribution in [2.45, 2.75) is 52.2 Å². The first kappa shape index (κ1) is 20.0. The number of aliphatic hydroxyl groups excluding tert-OH is 1. The molecule has 1 heterocycles. The predicted octanol–water partition coefficient (Wildman–Crippen LogP) is 2.38. The Morgan fingerprint density at radius 2 is 2.22 bits per heavy atom. The molecular formula is C21H33N3O3. The fourth-order valence-electron chi connectivity index (χ4n) is 3.23. The first-order valence-corrected chi connectivity index (χ1v) is 10.1. The van der Waals surface area contributed by atoms with Crippen molar-refractivity contribution in [3.63, 3.8) is 0 Å². The molecule has 1 unspecified atom stereocenters. The maximum Gasteiger partial charge on any atom is 0.191 e. The van der Waals surface area contributed by atoms with E-state index in [9.17, 15) is 5.11 Å². The van der Waals surface area contributed by atoms with Gasteiger partial charge < -0.3 is 25.2 Å². The van der Waals surface area contributed by atoms with Crippen molar-refractivity contribution < 1.29 is 14.6 Å². The lowest BCUT2D eigenvalue weighted by Crippen LogP contribution is -2.41. The zero-order chi connectivity index (χ0) is 19.1. The highest BCUT2D eigenvalue weighted by atomic mass is 16.5. The lowest BCUT2D eigenvalue weighted by Gasteiger charge is -2.17. The molecule has 6 heteroatoms. The van der Waals surface area contributed by atoms with E-state index >= 15 is 0 Å². The van der Waals surface area contributed by atoms with Crippen molar-refractivity contribution >= 4 is 5.96 Å². The average molecular weight is 376 g/mol. The van der Waals surface area contributed by atoms with Crippen molar-refractivity contribution in [2.24, 2.45) is 10.4 Å². The summed E-state index contributed by atoms with van der Waals surface area (Å²) < 4.78 is 11.7. The Labute approximate surface area is 162 Å². The Kier molecular flexibility index (Phi) is 6.96. The molecule has 0 bridgehead atoms. The van der Waals surface area contributed by atoms with E-state index in [4.69, 9.17) is 14.5 Å². The highest BCUT2D eigenvalue weighted by Gasteiger charge is 2.41. The molecule has 1 saturated carbocycles. The van der Waals surface area contributed by atoms with Crippen LogP contribution in [0.2, 0.25) is 0 Å². The third-order valence-corrected chi connectivity index (χ3v) is 5.35. The minimum atomic E-state index is 0.0512. The highest BCUT2D eigenvalue weighted by molar-refractivity contribution is 5.79. The van der Waals surface area contributed by atoms with Crippen LogP contribution in [-0.4, -0.2) is 50.1 Å². The Bertz CT molecular complexity index is 638. The van der Waals surface area contributed by atoms with Gasteiger partial charge in [-0.25, -0.2) is 4.99 Å². The third-order valence-electron chi connectivity index (χ3n) is 5.35. The number of guanidine groups is 1. The summed E-state index contributed by atoms with van der Waals surface area (Å²) in [6, 6.07) is 6.25. The predicted molar refractivity (Wildman–Crippen MR) is 107 cm³/mol. The molecule has 1 aromatic rings. The van der Waals surface area contributed by atoms with Gasteiger partial charge in [-0.15, -0.1) is 0 Å². The van der Waals surface area contributed by atoms with Crippen LogP contribution in [0.4, 0.5) is 0 Å². The second-order valence-corrected chi connectivity index (χ2v) is 7.76. The van der Waals surface area contributed by atoms with Gasteiger partial charge in [0.05, 0.1) is 19.3 Å². The number of aliphatic hydroxyl groups is 1. The van der Waals surface area contributed by atoms with Gasteiger partial charge in [0.25, 0.3) is 0 Å². The third kappa shape index (κ3) is 5.84. The lowest BCUT2D eigenvalue weighted by atomic mass is 10.1. The number of nitrogens with one attached hydrogen (secondary N) is 2. The molecule has 150 valence electrons. The maximum absolute atomic E-state index is 9.49. The van der Waals surface area contributed by atoms with Crippen LogP contribution in [0, 0.1) is 12.3 Å². The van der Waals surface area contributed by atoms with Crippen LogP contribution < -0.4 is 15.4 Å². The summed E-state index contributed by atoms with van der Waals surface area (Å²) in [5.41, 5.74) is 2.29. The molecule has 0 spiro atoms. The van der Waals surface area contributed by atoms with Gasteiger partial charge in [-0.2, -0.15) is 0 Å². The second kappa shape index (κ2) is 9.42. The number of aryl methyl sites for hydroxylation is 1. The molecule has 27 heavy (non-hydrogen) atoms. The van der Waals surface area contributed by atoms with Crippen LogP contribution in [0.15, 0.2) is 23.2 Å². The maximum atomic E-state index is 9.49. The summed E-state index contributed by atoms with van der Waals surface area (Å²) in [5, 5.41) is 16.1. The van der Waals surface area contributed by atoms with Gasteiger partial charge in [-0.3, -0.25) is 0 Å². The van der Waals surface area contributed by atoms with E-state index in [-0.39, 0.29) is 18.1 Å². The van der Waals surface area contributed by atoms with Crippen molar-refractivity contribution in [3.05, 3.63) is 29.3 Å². The Morgan fingerprint density at radius 3 is 2.89 bits per heavy atom. The highest BCUT2D eigenvalue weighted by Crippen LogP contribution is 2.44. The molecule has 1 atom stereocenters. The fourth-order valence-corrected chi connectivity index (χ4v) is 3.23. The molecule has 1 saturated heterocycles. The van der Waals surface area contributed by atoms with Crippen LogP contribution >= 0.6 is 0 Å². The molecule has 0 aromatic heterocycles. The topological polar surface area (TPSA) is 75.1 Å². The van der Waals surface area contributed by atoms with Crippen LogP contribution in [0.5, 0.6) is 5.75 Å². The Morgan fingerprint density at radius 1 is 1.37 bits per heavy atom. The van der Waals surface area contributed by atoms with Gasteiger partial charge in [-0.05, 0) is 51.2 Å². The zero-order valence-electron chi connectivity index (χ0n) is 16.6. The first-order chi connectivity index (χ1) is 13.1. The molecular weight excluding hydrogens is 342 g/mol. The summed E-state index contributed by atoms with van der Waals surface area (Å²) in [4.78, 5) is 4.72. The second-order valence-electron chi connectivity index (χ2n) is 7.76. The standard InChI is InChI=1S/C21H33N3O3/c1-3-22-20(24-14-21(15-25)8-9-21)23-12-17-7-6-16(2)11-19(17)27-13-18-5-4-10-26-18/h6-7,11,18,25H,3-5,8-10,12-15H2,1-2H3,(H2,22,23,24). The van der Waals surface area contributed by atoms with E-state index in [2.05, 4.69) is 42.7 Å². The fraction of sp³-hybridized carbons (Fsp3) is 0.667. The zero-order valence-corrected chi connectivity index (χ0v) is 16.6. The van der Waals surface area contributed by atoms with Gasteiger partial charge in [0.2, 0.25) is 0 Å². The molecule has 3 N–H and O–H groups in total. The van der Waals surface area contributed by atoms with E-state index < -0.39 is 0 Å². The van der Waals surface area contributed by atoms with Gasteiger partial charge in [-0.1, -0.05) is 12.1 Å². The summed E-state index contributed by atoms with van der Waals surface area (Å²) in [6.07, 6.45) is 4.55. The summed E-state index contributed by atoms with van der Waals surface area (Å²) >= 11 is 0. The Hall–Kier alpha value is -1.79. The summed E-state index contributed by atoms with van der Waals surface area (Å²) in [5.74, 6) is 1.67. The average Bonchev–Trinajstić information content (AvgIpc) is 3.27. The SMILES string of the molecule is CCNC(=NCc1ccc(C)cc1OCC1CCCO1)NCC1(CO)CC1. The summed E-state index contributed by atoms with van der Waals surface area (Å²) in [7, 11) is 0. The minimum Gasteiger partial charge on any atom is -0.491 e. The number of benzene rings is 1.